The van der Waals surface area contributed by atoms with E-state index in [4.69, 9.17) is 0 Å². The zero-order chi connectivity index (χ0) is 13.1. The van der Waals surface area contributed by atoms with Gasteiger partial charge in [0, 0.05) is 17.8 Å². The van der Waals surface area contributed by atoms with Crippen LogP contribution in [0.25, 0.3) is 0 Å². The van der Waals surface area contributed by atoms with E-state index in [1.54, 1.807) is 24.5 Å². The number of aromatic hydroxyl groups is 2. The predicted octanol–water partition coefficient (Wildman–Crippen LogP) is 2.97. The second kappa shape index (κ2) is 4.96. The molecule has 3 N–H and O–H groups in total. The first-order valence-corrected chi connectivity index (χ1v) is 5.77. The highest BCUT2D eigenvalue weighted by molar-refractivity contribution is 5.51. The number of hydrogen-bond donors (Lipinski definition) is 3. The molecule has 18 heavy (non-hydrogen) atoms. The fourth-order valence-corrected chi connectivity index (χ4v) is 1.82. The Balaban J connectivity index is 2.22. The molecule has 0 aliphatic heterocycles. The van der Waals surface area contributed by atoms with Crippen molar-refractivity contribution in [3.8, 4) is 11.5 Å². The van der Waals surface area contributed by atoms with Crippen LogP contribution >= 0.6 is 0 Å². The van der Waals surface area contributed by atoms with Gasteiger partial charge in [-0.05, 0) is 37.6 Å². The number of pyridine rings is 1. The van der Waals surface area contributed by atoms with Crippen molar-refractivity contribution in [1.82, 2.24) is 4.98 Å². The third-order valence-electron chi connectivity index (χ3n) is 2.89. The van der Waals surface area contributed by atoms with Crippen LogP contribution in [-0.4, -0.2) is 15.2 Å². The summed E-state index contributed by atoms with van der Waals surface area (Å²) in [6.07, 6.45) is 3.49. The highest BCUT2D eigenvalue weighted by Crippen LogP contribution is 2.30. The maximum atomic E-state index is 9.79. The number of aromatic nitrogens is 1. The summed E-state index contributed by atoms with van der Waals surface area (Å²) in [5, 5.41) is 22.3. The van der Waals surface area contributed by atoms with Crippen molar-refractivity contribution in [2.75, 3.05) is 5.32 Å². The van der Waals surface area contributed by atoms with Crippen molar-refractivity contribution in [3.63, 3.8) is 0 Å². The molecule has 1 aromatic carbocycles. The number of aryl methyl sites for hydroxylation is 1. The summed E-state index contributed by atoms with van der Waals surface area (Å²) in [6, 6.07) is 6.45. The molecule has 0 aliphatic rings. The Morgan fingerprint density at radius 2 is 2.00 bits per heavy atom. The maximum absolute atomic E-state index is 9.79. The smallest absolute Gasteiger partial charge is 0.124 e. The quantitative estimate of drug-likeness (QED) is 0.776. The van der Waals surface area contributed by atoms with Gasteiger partial charge in [-0.25, -0.2) is 0 Å². The van der Waals surface area contributed by atoms with E-state index < -0.39 is 0 Å². The number of phenols is 2. The zero-order valence-electron chi connectivity index (χ0n) is 10.4. The van der Waals surface area contributed by atoms with Gasteiger partial charge in [0.05, 0.1) is 17.9 Å². The lowest BCUT2D eigenvalue weighted by atomic mass is 10.1. The second-order valence-corrected chi connectivity index (χ2v) is 4.30. The van der Waals surface area contributed by atoms with Crippen molar-refractivity contribution < 1.29 is 10.2 Å². The summed E-state index contributed by atoms with van der Waals surface area (Å²) in [4.78, 5) is 4.06. The summed E-state index contributed by atoms with van der Waals surface area (Å²) >= 11 is 0. The first-order valence-electron chi connectivity index (χ1n) is 5.77. The molecule has 1 heterocycles. The molecule has 1 aromatic heterocycles. The average Bonchev–Trinajstić information content (AvgIpc) is 2.32. The van der Waals surface area contributed by atoms with Crippen LogP contribution in [0.15, 0.2) is 36.7 Å². The second-order valence-electron chi connectivity index (χ2n) is 4.30. The number of rotatable bonds is 3. The lowest BCUT2D eigenvalue weighted by molar-refractivity contribution is 0.444. The van der Waals surface area contributed by atoms with Crippen LogP contribution < -0.4 is 5.32 Å². The van der Waals surface area contributed by atoms with Gasteiger partial charge in [-0.2, -0.15) is 0 Å². The summed E-state index contributed by atoms with van der Waals surface area (Å²) in [6.45, 7) is 3.94. The van der Waals surface area contributed by atoms with E-state index in [0.29, 0.717) is 0 Å². The fourth-order valence-electron chi connectivity index (χ4n) is 1.82. The molecule has 0 spiro atoms. The van der Waals surface area contributed by atoms with Gasteiger partial charge >= 0.3 is 0 Å². The van der Waals surface area contributed by atoms with Gasteiger partial charge in [-0.15, -0.1) is 0 Å². The Labute approximate surface area is 106 Å². The van der Waals surface area contributed by atoms with Gasteiger partial charge in [-0.1, -0.05) is 0 Å². The third kappa shape index (κ3) is 2.53. The average molecular weight is 244 g/mol. The Morgan fingerprint density at radius 3 is 2.67 bits per heavy atom. The van der Waals surface area contributed by atoms with Gasteiger partial charge < -0.3 is 15.5 Å². The van der Waals surface area contributed by atoms with Crippen molar-refractivity contribution >= 4 is 5.69 Å². The van der Waals surface area contributed by atoms with Gasteiger partial charge in [0.25, 0.3) is 0 Å². The van der Waals surface area contributed by atoms with Gasteiger partial charge in [0.1, 0.15) is 11.5 Å². The van der Waals surface area contributed by atoms with Crippen LogP contribution in [0, 0.1) is 6.92 Å². The number of hydrogen-bond acceptors (Lipinski definition) is 4. The molecule has 1 unspecified atom stereocenters. The molecule has 2 rings (SSSR count). The van der Waals surface area contributed by atoms with E-state index in [9.17, 15) is 10.2 Å². The molecular weight excluding hydrogens is 228 g/mol. The molecule has 0 aliphatic carbocycles. The van der Waals surface area contributed by atoms with E-state index in [-0.39, 0.29) is 17.5 Å². The summed E-state index contributed by atoms with van der Waals surface area (Å²) < 4.78 is 0. The van der Waals surface area contributed by atoms with E-state index >= 15 is 0 Å². The summed E-state index contributed by atoms with van der Waals surface area (Å²) in [5.74, 6) is 0.137. The maximum Gasteiger partial charge on any atom is 0.124 e. The van der Waals surface area contributed by atoms with Crippen molar-refractivity contribution in [2.24, 2.45) is 0 Å². The molecule has 2 aromatic rings. The van der Waals surface area contributed by atoms with E-state index in [1.165, 1.54) is 6.07 Å². The number of benzene rings is 1. The molecular formula is C14H16N2O2. The fraction of sp³-hybridized carbons (Fsp3) is 0.214. The minimum atomic E-state index is -0.0755. The normalized spacial score (nSPS) is 12.1. The molecule has 1 atom stereocenters. The van der Waals surface area contributed by atoms with Crippen LogP contribution in [0.4, 0.5) is 5.69 Å². The molecule has 0 radical (unpaired) electrons. The first kappa shape index (κ1) is 12.2. The lowest BCUT2D eigenvalue weighted by Gasteiger charge is -2.18. The van der Waals surface area contributed by atoms with E-state index in [0.717, 1.165) is 16.8 Å². The standard InChI is InChI=1S/C14H16N2O2/c1-9-5-6-15-8-13(9)16-10(2)12-4-3-11(17)7-14(12)18/h3-8,10,16-18H,1-2H3. The Bertz CT molecular complexity index is 555. The van der Waals surface area contributed by atoms with Crippen molar-refractivity contribution in [2.45, 2.75) is 19.9 Å². The molecule has 94 valence electrons. The largest absolute Gasteiger partial charge is 0.508 e. The molecule has 4 nitrogen and oxygen atoms in total. The monoisotopic (exact) mass is 244 g/mol. The highest BCUT2D eigenvalue weighted by Gasteiger charge is 2.11. The third-order valence-corrected chi connectivity index (χ3v) is 2.89. The zero-order valence-corrected chi connectivity index (χ0v) is 10.4. The van der Waals surface area contributed by atoms with Gasteiger partial charge in [0.2, 0.25) is 0 Å². The highest BCUT2D eigenvalue weighted by atomic mass is 16.3. The number of anilines is 1. The predicted molar refractivity (Wildman–Crippen MR) is 70.8 cm³/mol. The molecule has 4 heteroatoms. The molecule has 0 saturated carbocycles. The summed E-state index contributed by atoms with van der Waals surface area (Å²) in [5.41, 5.74) is 2.75. The lowest BCUT2D eigenvalue weighted by Crippen LogP contribution is -2.08. The molecule has 0 amide bonds. The molecule has 0 bridgehead atoms. The number of nitrogens with one attached hydrogen (secondary N) is 1. The summed E-state index contributed by atoms with van der Waals surface area (Å²) in [7, 11) is 0. The topological polar surface area (TPSA) is 65.4 Å². The van der Waals surface area contributed by atoms with Crippen LogP contribution in [-0.2, 0) is 0 Å². The first-order chi connectivity index (χ1) is 8.58. The number of nitrogens with zero attached hydrogens (tertiary/aromatic N) is 1. The molecule has 0 fully saturated rings. The van der Waals surface area contributed by atoms with Crippen LogP contribution in [0.2, 0.25) is 0 Å². The van der Waals surface area contributed by atoms with E-state index in [1.807, 2.05) is 19.9 Å². The molecule has 0 saturated heterocycles. The van der Waals surface area contributed by atoms with E-state index in [2.05, 4.69) is 10.3 Å². The van der Waals surface area contributed by atoms with Crippen LogP contribution in [0.3, 0.4) is 0 Å². The Kier molecular flexibility index (Phi) is 3.37. The Morgan fingerprint density at radius 1 is 1.22 bits per heavy atom. The van der Waals surface area contributed by atoms with Gasteiger partial charge in [-0.3, -0.25) is 4.98 Å². The van der Waals surface area contributed by atoms with Crippen LogP contribution in [0.1, 0.15) is 24.1 Å². The van der Waals surface area contributed by atoms with Gasteiger partial charge in [0.15, 0.2) is 0 Å². The minimum absolute atomic E-state index is 0.0565. The Hall–Kier alpha value is -2.23. The van der Waals surface area contributed by atoms with Crippen molar-refractivity contribution in [1.29, 1.82) is 0 Å². The minimum Gasteiger partial charge on any atom is -0.508 e. The van der Waals surface area contributed by atoms with Crippen molar-refractivity contribution in [3.05, 3.63) is 47.8 Å². The van der Waals surface area contributed by atoms with Crippen LogP contribution in [0.5, 0.6) is 11.5 Å². The SMILES string of the molecule is Cc1ccncc1NC(C)c1ccc(O)cc1O. The number of phenolic OH excluding ortho intramolecular Hbond substituents is 2.